The number of carbonyl (C=O) groups is 2. The van der Waals surface area contributed by atoms with Gasteiger partial charge in [0.05, 0.1) is 6.42 Å². The van der Waals surface area contributed by atoms with Crippen LogP contribution in [0.15, 0.2) is 18.2 Å². The van der Waals surface area contributed by atoms with E-state index in [0.29, 0.717) is 31.6 Å². The average Bonchev–Trinajstić information content (AvgIpc) is 2.51. The van der Waals surface area contributed by atoms with Gasteiger partial charge in [0.15, 0.2) is 0 Å². The van der Waals surface area contributed by atoms with Gasteiger partial charge in [-0.3, -0.25) is 9.59 Å². The first-order valence-corrected chi connectivity index (χ1v) is 7.35. The number of rotatable bonds is 5. The van der Waals surface area contributed by atoms with Gasteiger partial charge in [-0.15, -0.1) is 0 Å². The number of carbonyl (C=O) groups excluding carboxylic acids is 1. The molecular weight excluding hydrogens is 289 g/mol. The minimum absolute atomic E-state index is 0.0648. The predicted molar refractivity (Wildman–Crippen MR) is 78.3 cm³/mol. The number of carboxylic acids is 1. The molecular formula is C16H20FNO4. The highest BCUT2D eigenvalue weighted by Gasteiger charge is 2.27. The number of amides is 1. The fraction of sp³-hybridized carbons (Fsp3) is 0.500. The Hall–Kier alpha value is -1.95. The molecule has 0 radical (unpaired) electrons. The van der Waals surface area contributed by atoms with Crippen LogP contribution in [0.4, 0.5) is 4.39 Å². The quantitative estimate of drug-likeness (QED) is 0.906. The van der Waals surface area contributed by atoms with Crippen molar-refractivity contribution in [3.63, 3.8) is 0 Å². The zero-order chi connectivity index (χ0) is 16.1. The molecule has 2 rings (SSSR count). The second-order valence-corrected chi connectivity index (χ2v) is 5.45. The van der Waals surface area contributed by atoms with E-state index in [1.807, 2.05) is 0 Å². The lowest BCUT2D eigenvalue weighted by molar-refractivity contribution is -0.137. The van der Waals surface area contributed by atoms with Gasteiger partial charge in [-0.2, -0.15) is 0 Å². The number of aryl methyl sites for hydroxylation is 1. The summed E-state index contributed by atoms with van der Waals surface area (Å²) in [5.74, 6) is -1.72. The topological polar surface area (TPSA) is 66.8 Å². The maximum absolute atomic E-state index is 13.7. The molecule has 0 spiro atoms. The van der Waals surface area contributed by atoms with Gasteiger partial charge in [-0.1, -0.05) is 6.07 Å². The summed E-state index contributed by atoms with van der Waals surface area (Å²) >= 11 is 0. The molecule has 1 fully saturated rings. The Morgan fingerprint density at radius 3 is 2.64 bits per heavy atom. The minimum atomic E-state index is -0.958. The largest absolute Gasteiger partial charge is 0.481 e. The molecule has 1 amide bonds. The zero-order valence-electron chi connectivity index (χ0n) is 12.5. The maximum Gasteiger partial charge on any atom is 0.305 e. The van der Waals surface area contributed by atoms with Crippen LogP contribution in [0, 0.1) is 12.7 Å². The number of benzene rings is 1. The van der Waals surface area contributed by atoms with Crippen molar-refractivity contribution in [2.24, 2.45) is 0 Å². The highest BCUT2D eigenvalue weighted by atomic mass is 19.1. The minimum Gasteiger partial charge on any atom is -0.481 e. The Balaban J connectivity index is 2.19. The standard InChI is InChI=1S/C16H20FNO4/c1-11-2-3-12(10-14(11)17)16(21)18(7-4-15(19)20)13-5-8-22-9-6-13/h2-3,10,13H,4-9H2,1H3,(H,19,20). The third-order valence-electron chi connectivity index (χ3n) is 3.88. The summed E-state index contributed by atoms with van der Waals surface area (Å²) in [7, 11) is 0. The number of halogens is 1. The van der Waals surface area contributed by atoms with Crippen molar-refractivity contribution in [1.82, 2.24) is 4.90 Å². The molecule has 1 heterocycles. The van der Waals surface area contributed by atoms with Crippen molar-refractivity contribution in [3.8, 4) is 0 Å². The van der Waals surface area contributed by atoms with Gasteiger partial charge in [0.1, 0.15) is 5.82 Å². The van der Waals surface area contributed by atoms with Crippen LogP contribution in [0.2, 0.25) is 0 Å². The molecule has 1 saturated heterocycles. The van der Waals surface area contributed by atoms with E-state index in [1.165, 1.54) is 6.07 Å². The van der Waals surface area contributed by atoms with Crippen molar-refractivity contribution in [1.29, 1.82) is 0 Å². The van der Waals surface area contributed by atoms with Crippen molar-refractivity contribution in [2.75, 3.05) is 19.8 Å². The van der Waals surface area contributed by atoms with Gasteiger partial charge in [-0.25, -0.2) is 4.39 Å². The molecule has 1 aliphatic rings. The van der Waals surface area contributed by atoms with Crippen LogP contribution in [0.5, 0.6) is 0 Å². The summed E-state index contributed by atoms with van der Waals surface area (Å²) < 4.78 is 19.0. The highest BCUT2D eigenvalue weighted by molar-refractivity contribution is 5.94. The lowest BCUT2D eigenvalue weighted by atomic mass is 10.0. The molecule has 6 heteroatoms. The van der Waals surface area contributed by atoms with Crippen molar-refractivity contribution in [2.45, 2.75) is 32.2 Å². The van der Waals surface area contributed by atoms with Crippen LogP contribution < -0.4 is 0 Å². The molecule has 1 aromatic carbocycles. The van der Waals surface area contributed by atoms with Gasteiger partial charge in [0, 0.05) is 31.4 Å². The Bertz CT molecular complexity index is 555. The molecule has 0 bridgehead atoms. The number of aliphatic carboxylic acids is 1. The van der Waals surface area contributed by atoms with Gasteiger partial charge < -0.3 is 14.7 Å². The van der Waals surface area contributed by atoms with Crippen LogP contribution in [-0.4, -0.2) is 47.7 Å². The Kier molecular flexibility index (Phi) is 5.49. The first-order valence-electron chi connectivity index (χ1n) is 7.35. The number of carboxylic acid groups (broad SMARTS) is 1. The second-order valence-electron chi connectivity index (χ2n) is 5.45. The third-order valence-corrected chi connectivity index (χ3v) is 3.88. The van der Waals surface area contributed by atoms with Gasteiger partial charge >= 0.3 is 5.97 Å². The fourth-order valence-electron chi connectivity index (χ4n) is 2.55. The summed E-state index contributed by atoms with van der Waals surface area (Å²) in [6, 6.07) is 4.28. The Morgan fingerprint density at radius 2 is 2.05 bits per heavy atom. The van der Waals surface area contributed by atoms with Crippen molar-refractivity contribution >= 4 is 11.9 Å². The average molecular weight is 309 g/mol. The number of hydrogen-bond donors (Lipinski definition) is 1. The molecule has 1 N–H and O–H groups in total. The molecule has 5 nitrogen and oxygen atoms in total. The van der Waals surface area contributed by atoms with E-state index >= 15 is 0 Å². The lowest BCUT2D eigenvalue weighted by Gasteiger charge is -2.34. The molecule has 22 heavy (non-hydrogen) atoms. The maximum atomic E-state index is 13.7. The van der Waals surface area contributed by atoms with Crippen molar-refractivity contribution < 1.29 is 23.8 Å². The van der Waals surface area contributed by atoms with E-state index in [4.69, 9.17) is 9.84 Å². The molecule has 0 saturated carbocycles. The molecule has 0 aromatic heterocycles. The van der Waals surface area contributed by atoms with Crippen LogP contribution >= 0.6 is 0 Å². The van der Waals surface area contributed by atoms with Crippen LogP contribution in [0.3, 0.4) is 0 Å². The molecule has 1 aliphatic heterocycles. The summed E-state index contributed by atoms with van der Waals surface area (Å²) in [5, 5.41) is 8.87. The summed E-state index contributed by atoms with van der Waals surface area (Å²) in [6.45, 7) is 2.84. The lowest BCUT2D eigenvalue weighted by Crippen LogP contribution is -2.44. The van der Waals surface area contributed by atoms with Crippen LogP contribution in [-0.2, 0) is 9.53 Å². The zero-order valence-corrected chi connectivity index (χ0v) is 12.5. The van der Waals surface area contributed by atoms with Crippen molar-refractivity contribution in [3.05, 3.63) is 35.1 Å². The Labute approximate surface area is 128 Å². The van der Waals surface area contributed by atoms with Gasteiger partial charge in [0.2, 0.25) is 0 Å². The summed E-state index contributed by atoms with van der Waals surface area (Å²) in [6.07, 6.45) is 1.21. The van der Waals surface area contributed by atoms with E-state index in [9.17, 15) is 14.0 Å². The smallest absolute Gasteiger partial charge is 0.305 e. The van der Waals surface area contributed by atoms with Gasteiger partial charge in [-0.05, 0) is 37.5 Å². The molecule has 0 aliphatic carbocycles. The first-order chi connectivity index (χ1) is 10.5. The molecule has 0 unspecified atom stereocenters. The van der Waals surface area contributed by atoms with Crippen LogP contribution in [0.25, 0.3) is 0 Å². The van der Waals surface area contributed by atoms with Crippen LogP contribution in [0.1, 0.15) is 35.2 Å². The summed E-state index contributed by atoms with van der Waals surface area (Å²) in [4.78, 5) is 25.0. The molecule has 0 atom stereocenters. The molecule has 1 aromatic rings. The summed E-state index contributed by atoms with van der Waals surface area (Å²) in [5.41, 5.74) is 0.722. The monoisotopic (exact) mass is 309 g/mol. The SMILES string of the molecule is Cc1ccc(C(=O)N(CCC(=O)O)C2CCOCC2)cc1F. The van der Waals surface area contributed by atoms with Gasteiger partial charge in [0.25, 0.3) is 5.91 Å². The number of ether oxygens (including phenoxy) is 1. The predicted octanol–water partition coefficient (Wildman–Crippen LogP) is 2.23. The fourth-order valence-corrected chi connectivity index (χ4v) is 2.55. The van der Waals surface area contributed by atoms with E-state index in [2.05, 4.69) is 0 Å². The van der Waals surface area contributed by atoms with E-state index in [1.54, 1.807) is 24.0 Å². The second kappa shape index (κ2) is 7.35. The van der Waals surface area contributed by atoms with E-state index in [0.717, 1.165) is 0 Å². The normalized spacial score (nSPS) is 15.5. The van der Waals surface area contributed by atoms with E-state index in [-0.39, 0.29) is 30.5 Å². The van der Waals surface area contributed by atoms with E-state index < -0.39 is 11.8 Å². The number of hydrogen-bond acceptors (Lipinski definition) is 3. The molecule has 120 valence electrons. The first kappa shape index (κ1) is 16.4. The third kappa shape index (κ3) is 4.04. The Morgan fingerprint density at radius 1 is 1.36 bits per heavy atom. The number of nitrogens with zero attached hydrogens (tertiary/aromatic N) is 1. The highest BCUT2D eigenvalue weighted by Crippen LogP contribution is 2.19.